The van der Waals surface area contributed by atoms with Gasteiger partial charge in [0, 0.05) is 11.6 Å². The molecule has 0 atom stereocenters. The van der Waals surface area contributed by atoms with Gasteiger partial charge in [-0.05, 0) is 19.8 Å². The number of hydrogen-bond acceptors (Lipinski definition) is 6. The Hall–Kier alpha value is -1.99. The summed E-state index contributed by atoms with van der Waals surface area (Å²) in [4.78, 5) is 16.8. The van der Waals surface area contributed by atoms with Crippen LogP contribution in [0.2, 0.25) is 0 Å². The van der Waals surface area contributed by atoms with Crippen molar-refractivity contribution in [1.82, 2.24) is 20.5 Å². The molecule has 0 saturated heterocycles. The molecular weight excluding hydrogens is 364 g/mol. The number of nitrogens with zero attached hydrogens (tertiary/aromatic N) is 3. The van der Waals surface area contributed by atoms with Crippen molar-refractivity contribution in [1.29, 1.82) is 0 Å². The van der Waals surface area contributed by atoms with Gasteiger partial charge < -0.3 is 5.32 Å². The van der Waals surface area contributed by atoms with Crippen molar-refractivity contribution in [3.63, 3.8) is 0 Å². The molecule has 0 unspecified atom stereocenters. The van der Waals surface area contributed by atoms with Crippen molar-refractivity contribution >= 4 is 39.2 Å². The standard InChI is InChI=1S/C19H20N4OS2/c1-12-20-17-18(26-12)16(13-7-3-2-4-8-13)22-23-19(17)25-11-15(24)21-14-9-5-6-10-14/h2-4,7-8,14H,5-6,9-11H2,1H3,(H,21,24). The maximum Gasteiger partial charge on any atom is 0.230 e. The number of thiazole rings is 1. The molecule has 1 amide bonds. The summed E-state index contributed by atoms with van der Waals surface area (Å²) in [5.74, 6) is 0.414. The highest BCUT2D eigenvalue weighted by molar-refractivity contribution is 8.00. The van der Waals surface area contributed by atoms with Gasteiger partial charge in [0.05, 0.1) is 15.5 Å². The molecule has 2 aromatic heterocycles. The van der Waals surface area contributed by atoms with E-state index < -0.39 is 0 Å². The molecule has 5 nitrogen and oxygen atoms in total. The molecule has 0 spiro atoms. The molecule has 26 heavy (non-hydrogen) atoms. The van der Waals surface area contributed by atoms with Crippen LogP contribution in [0.3, 0.4) is 0 Å². The maximum absolute atomic E-state index is 12.2. The Morgan fingerprint density at radius 1 is 1.23 bits per heavy atom. The van der Waals surface area contributed by atoms with Crippen molar-refractivity contribution in [2.24, 2.45) is 0 Å². The molecule has 0 radical (unpaired) electrons. The van der Waals surface area contributed by atoms with Gasteiger partial charge in [-0.25, -0.2) is 4.98 Å². The largest absolute Gasteiger partial charge is 0.353 e. The molecule has 1 N–H and O–H groups in total. The Bertz CT molecular complexity index is 920. The zero-order chi connectivity index (χ0) is 17.9. The number of hydrogen-bond donors (Lipinski definition) is 1. The average Bonchev–Trinajstić information content (AvgIpc) is 3.29. The fourth-order valence-electron chi connectivity index (χ4n) is 3.28. The number of carbonyl (C=O) groups excluding carboxylic acids is 1. The van der Waals surface area contributed by atoms with E-state index in [2.05, 4.69) is 20.5 Å². The number of nitrogens with one attached hydrogen (secondary N) is 1. The summed E-state index contributed by atoms with van der Waals surface area (Å²) in [5, 5.41) is 13.6. The first-order chi connectivity index (χ1) is 12.7. The van der Waals surface area contributed by atoms with Gasteiger partial charge in [0.15, 0.2) is 0 Å². The second-order valence-corrected chi connectivity index (χ2v) is 8.64. The summed E-state index contributed by atoms with van der Waals surface area (Å²) in [5.41, 5.74) is 2.73. The molecule has 0 bridgehead atoms. The fourth-order valence-corrected chi connectivity index (χ4v) is 5.00. The average molecular weight is 385 g/mol. The number of carbonyl (C=O) groups is 1. The number of benzene rings is 1. The Balaban J connectivity index is 1.55. The number of aryl methyl sites for hydroxylation is 1. The first kappa shape index (κ1) is 17.4. The van der Waals surface area contributed by atoms with Crippen LogP contribution >= 0.6 is 23.1 Å². The van der Waals surface area contributed by atoms with E-state index in [9.17, 15) is 4.79 Å². The molecular formula is C19H20N4OS2. The normalized spacial score (nSPS) is 14.8. The third-order valence-corrected chi connectivity index (χ3v) is 6.43. The van der Waals surface area contributed by atoms with E-state index in [0.29, 0.717) is 11.8 Å². The Labute approximate surface area is 160 Å². The Morgan fingerprint density at radius 3 is 2.77 bits per heavy atom. The van der Waals surface area contributed by atoms with Crippen LogP contribution in [0.25, 0.3) is 21.5 Å². The number of fused-ring (bicyclic) bond motifs is 1. The predicted molar refractivity (Wildman–Crippen MR) is 107 cm³/mol. The Kier molecular flexibility index (Phi) is 5.17. The molecule has 2 heterocycles. The summed E-state index contributed by atoms with van der Waals surface area (Å²) in [6.07, 6.45) is 4.61. The lowest BCUT2D eigenvalue weighted by Gasteiger charge is -2.11. The van der Waals surface area contributed by atoms with Crippen molar-refractivity contribution in [3.8, 4) is 11.3 Å². The minimum Gasteiger partial charge on any atom is -0.353 e. The zero-order valence-electron chi connectivity index (χ0n) is 14.6. The monoisotopic (exact) mass is 384 g/mol. The van der Waals surface area contributed by atoms with Gasteiger partial charge in [-0.3, -0.25) is 4.79 Å². The molecule has 0 aliphatic heterocycles. The minimum atomic E-state index is 0.0657. The quantitative estimate of drug-likeness (QED) is 0.667. The van der Waals surface area contributed by atoms with Gasteiger partial charge in [-0.15, -0.1) is 21.5 Å². The zero-order valence-corrected chi connectivity index (χ0v) is 16.2. The van der Waals surface area contributed by atoms with Gasteiger partial charge in [-0.1, -0.05) is 54.9 Å². The highest BCUT2D eigenvalue weighted by Crippen LogP contribution is 2.35. The lowest BCUT2D eigenvalue weighted by Crippen LogP contribution is -2.33. The highest BCUT2D eigenvalue weighted by atomic mass is 32.2. The second kappa shape index (κ2) is 7.72. The number of rotatable bonds is 5. The fraction of sp³-hybridized carbons (Fsp3) is 0.368. The second-order valence-electron chi connectivity index (χ2n) is 6.47. The van der Waals surface area contributed by atoms with Gasteiger partial charge in [0.25, 0.3) is 0 Å². The topological polar surface area (TPSA) is 67.8 Å². The number of amides is 1. The van der Waals surface area contributed by atoms with Crippen LogP contribution in [-0.2, 0) is 4.79 Å². The van der Waals surface area contributed by atoms with Gasteiger partial charge in [0.2, 0.25) is 5.91 Å². The predicted octanol–water partition coefficient (Wildman–Crippen LogP) is 4.21. The van der Waals surface area contributed by atoms with Crippen molar-refractivity contribution in [2.75, 3.05) is 5.75 Å². The van der Waals surface area contributed by atoms with Gasteiger partial charge >= 0.3 is 0 Å². The number of aromatic nitrogens is 3. The summed E-state index contributed by atoms with van der Waals surface area (Å²) >= 11 is 3.04. The lowest BCUT2D eigenvalue weighted by atomic mass is 10.1. The van der Waals surface area contributed by atoms with Crippen LogP contribution in [-0.4, -0.2) is 32.9 Å². The molecule has 1 aliphatic carbocycles. The first-order valence-electron chi connectivity index (χ1n) is 8.82. The van der Waals surface area contributed by atoms with Crippen LogP contribution in [0.4, 0.5) is 0 Å². The summed E-state index contributed by atoms with van der Waals surface area (Å²) in [6, 6.07) is 10.4. The third-order valence-electron chi connectivity index (χ3n) is 4.50. The van der Waals surface area contributed by atoms with Crippen LogP contribution in [0.5, 0.6) is 0 Å². The van der Waals surface area contributed by atoms with Gasteiger partial charge in [0.1, 0.15) is 16.2 Å². The Morgan fingerprint density at radius 2 is 2.00 bits per heavy atom. The van der Waals surface area contributed by atoms with E-state index in [-0.39, 0.29) is 5.91 Å². The number of thioether (sulfide) groups is 1. The summed E-state index contributed by atoms with van der Waals surface area (Å²) < 4.78 is 1.03. The van der Waals surface area contributed by atoms with Crippen LogP contribution in [0.1, 0.15) is 30.7 Å². The summed E-state index contributed by atoms with van der Waals surface area (Å²) in [7, 11) is 0. The van der Waals surface area contributed by atoms with Crippen molar-refractivity contribution in [3.05, 3.63) is 35.3 Å². The highest BCUT2D eigenvalue weighted by Gasteiger charge is 2.19. The maximum atomic E-state index is 12.2. The first-order valence-corrected chi connectivity index (χ1v) is 10.6. The van der Waals surface area contributed by atoms with E-state index in [1.54, 1.807) is 11.3 Å². The minimum absolute atomic E-state index is 0.0657. The van der Waals surface area contributed by atoms with E-state index >= 15 is 0 Å². The van der Waals surface area contributed by atoms with E-state index in [1.165, 1.54) is 24.6 Å². The van der Waals surface area contributed by atoms with Crippen LogP contribution in [0.15, 0.2) is 35.4 Å². The van der Waals surface area contributed by atoms with Crippen LogP contribution in [0, 0.1) is 6.92 Å². The third kappa shape index (κ3) is 3.73. The molecule has 1 aliphatic rings. The van der Waals surface area contributed by atoms with E-state index in [0.717, 1.165) is 44.3 Å². The molecule has 134 valence electrons. The smallest absolute Gasteiger partial charge is 0.230 e. The summed E-state index contributed by atoms with van der Waals surface area (Å²) in [6.45, 7) is 1.99. The molecule has 1 fully saturated rings. The SMILES string of the molecule is Cc1nc2c(SCC(=O)NC3CCCC3)nnc(-c3ccccc3)c2s1. The molecule has 7 heteroatoms. The van der Waals surface area contributed by atoms with Gasteiger partial charge in [-0.2, -0.15) is 0 Å². The van der Waals surface area contributed by atoms with Crippen molar-refractivity contribution in [2.45, 2.75) is 43.7 Å². The molecule has 4 rings (SSSR count). The molecule has 3 aromatic rings. The van der Waals surface area contributed by atoms with E-state index in [1.807, 2.05) is 37.3 Å². The van der Waals surface area contributed by atoms with Crippen molar-refractivity contribution < 1.29 is 4.79 Å². The molecule has 1 saturated carbocycles. The van der Waals surface area contributed by atoms with Crippen LogP contribution < -0.4 is 5.32 Å². The van der Waals surface area contributed by atoms with E-state index in [4.69, 9.17) is 0 Å². The molecule has 1 aromatic carbocycles. The lowest BCUT2D eigenvalue weighted by molar-refractivity contribution is -0.119.